The molecule has 6 nitrogen and oxygen atoms in total. The molecule has 0 saturated carbocycles. The molecule has 25 heavy (non-hydrogen) atoms. The number of amides is 1. The number of ether oxygens (including phenoxy) is 1. The number of para-hydroxylation sites is 1. The molecule has 2 aromatic rings. The summed E-state index contributed by atoms with van der Waals surface area (Å²) in [7, 11) is 0. The van der Waals surface area contributed by atoms with Crippen LogP contribution in [0, 0.1) is 0 Å². The lowest BCUT2D eigenvalue weighted by Gasteiger charge is -2.23. The van der Waals surface area contributed by atoms with E-state index in [0.717, 1.165) is 23.5 Å². The van der Waals surface area contributed by atoms with Crippen LogP contribution in [0.2, 0.25) is 0 Å². The predicted octanol–water partition coefficient (Wildman–Crippen LogP) is 1.99. The van der Waals surface area contributed by atoms with E-state index in [4.69, 9.17) is 9.84 Å². The number of morpholine rings is 1. The molecule has 1 aromatic carbocycles. The zero-order chi connectivity index (χ0) is 17.6. The molecule has 1 aliphatic heterocycles. The van der Waals surface area contributed by atoms with Crippen LogP contribution >= 0.6 is 0 Å². The van der Waals surface area contributed by atoms with Crippen molar-refractivity contribution in [3.05, 3.63) is 47.8 Å². The number of nitrogens with zero attached hydrogens (tertiary/aromatic N) is 2. The van der Waals surface area contributed by atoms with E-state index in [9.17, 15) is 4.79 Å². The summed E-state index contributed by atoms with van der Waals surface area (Å²) in [5.41, 5.74) is 3.09. The van der Waals surface area contributed by atoms with Crippen molar-refractivity contribution in [2.24, 2.45) is 0 Å². The van der Waals surface area contributed by atoms with Gasteiger partial charge in [0.1, 0.15) is 0 Å². The Morgan fingerprint density at radius 2 is 2.20 bits per heavy atom. The lowest BCUT2D eigenvalue weighted by atomic mass is 10.1. The number of hydrogen-bond donors (Lipinski definition) is 2. The van der Waals surface area contributed by atoms with Gasteiger partial charge in [0.2, 0.25) is 5.91 Å². The van der Waals surface area contributed by atoms with E-state index in [0.29, 0.717) is 32.1 Å². The molecule has 1 aromatic heterocycles. The van der Waals surface area contributed by atoms with Gasteiger partial charge in [-0.3, -0.25) is 4.79 Å². The summed E-state index contributed by atoms with van der Waals surface area (Å²) >= 11 is 0. The second-order valence-corrected chi connectivity index (χ2v) is 6.68. The SMILES string of the molecule is CC(C)c1nn(-c2ccccc2)cc1CNC(=O)CC1COCCN1. The monoisotopic (exact) mass is 342 g/mol. The maximum Gasteiger partial charge on any atom is 0.221 e. The normalized spacial score (nSPS) is 17.6. The van der Waals surface area contributed by atoms with E-state index in [2.05, 4.69) is 24.5 Å². The maximum atomic E-state index is 12.2. The average Bonchev–Trinajstić information content (AvgIpc) is 3.06. The molecule has 1 unspecified atom stereocenters. The Kier molecular flexibility index (Phi) is 5.83. The van der Waals surface area contributed by atoms with Crippen molar-refractivity contribution in [3.63, 3.8) is 0 Å². The van der Waals surface area contributed by atoms with Gasteiger partial charge in [0.15, 0.2) is 0 Å². The van der Waals surface area contributed by atoms with Crippen molar-refractivity contribution in [3.8, 4) is 5.69 Å². The van der Waals surface area contributed by atoms with Crippen LogP contribution in [0.15, 0.2) is 36.5 Å². The molecule has 2 N–H and O–H groups in total. The Balaban J connectivity index is 1.64. The standard InChI is InChI=1S/C19H26N4O2/c1-14(2)19-15(12-23(22-19)17-6-4-3-5-7-17)11-21-18(24)10-16-13-25-9-8-20-16/h3-7,12,14,16,20H,8-11,13H2,1-2H3,(H,21,24). The number of benzene rings is 1. The quantitative estimate of drug-likeness (QED) is 0.842. The first-order valence-corrected chi connectivity index (χ1v) is 8.85. The Labute approximate surface area is 148 Å². The van der Waals surface area contributed by atoms with Crippen LogP contribution in [0.3, 0.4) is 0 Å². The van der Waals surface area contributed by atoms with Gasteiger partial charge in [0, 0.05) is 37.3 Å². The van der Waals surface area contributed by atoms with Gasteiger partial charge in [-0.1, -0.05) is 32.0 Å². The van der Waals surface area contributed by atoms with E-state index < -0.39 is 0 Å². The van der Waals surface area contributed by atoms with E-state index in [1.165, 1.54) is 0 Å². The van der Waals surface area contributed by atoms with Gasteiger partial charge in [-0.05, 0) is 18.1 Å². The highest BCUT2D eigenvalue weighted by Gasteiger charge is 2.18. The van der Waals surface area contributed by atoms with Crippen molar-refractivity contribution < 1.29 is 9.53 Å². The lowest BCUT2D eigenvalue weighted by Crippen LogP contribution is -2.44. The fourth-order valence-corrected chi connectivity index (χ4v) is 3.00. The van der Waals surface area contributed by atoms with Crippen molar-refractivity contribution in [2.75, 3.05) is 19.8 Å². The largest absolute Gasteiger partial charge is 0.378 e. The van der Waals surface area contributed by atoms with E-state index in [1.807, 2.05) is 41.2 Å². The fourth-order valence-electron chi connectivity index (χ4n) is 3.00. The number of carbonyl (C=O) groups excluding carboxylic acids is 1. The van der Waals surface area contributed by atoms with Crippen LogP contribution in [-0.2, 0) is 16.1 Å². The second-order valence-electron chi connectivity index (χ2n) is 6.68. The molecule has 1 fully saturated rings. The van der Waals surface area contributed by atoms with Crippen molar-refractivity contribution in [2.45, 2.75) is 38.8 Å². The van der Waals surface area contributed by atoms with Crippen LogP contribution < -0.4 is 10.6 Å². The molecular weight excluding hydrogens is 316 g/mol. The van der Waals surface area contributed by atoms with Crippen LogP contribution in [0.5, 0.6) is 0 Å². The zero-order valence-electron chi connectivity index (χ0n) is 14.9. The second kappa shape index (κ2) is 8.27. The molecule has 1 atom stereocenters. The van der Waals surface area contributed by atoms with Crippen LogP contribution in [-0.4, -0.2) is 41.5 Å². The van der Waals surface area contributed by atoms with Gasteiger partial charge in [-0.15, -0.1) is 0 Å². The van der Waals surface area contributed by atoms with Gasteiger partial charge in [0.05, 0.1) is 24.6 Å². The first-order valence-electron chi connectivity index (χ1n) is 8.85. The smallest absolute Gasteiger partial charge is 0.221 e. The highest BCUT2D eigenvalue weighted by molar-refractivity contribution is 5.76. The molecule has 1 saturated heterocycles. The van der Waals surface area contributed by atoms with Gasteiger partial charge < -0.3 is 15.4 Å². The van der Waals surface area contributed by atoms with Crippen LogP contribution in [0.25, 0.3) is 5.69 Å². The molecule has 1 amide bonds. The molecule has 1 aliphatic rings. The number of carbonyl (C=O) groups is 1. The third-order valence-corrected chi connectivity index (χ3v) is 4.30. The first kappa shape index (κ1) is 17.6. The van der Waals surface area contributed by atoms with Crippen molar-refractivity contribution in [1.82, 2.24) is 20.4 Å². The Bertz CT molecular complexity index is 691. The molecule has 3 rings (SSSR count). The van der Waals surface area contributed by atoms with Gasteiger partial charge in [0.25, 0.3) is 0 Å². The number of nitrogens with one attached hydrogen (secondary N) is 2. The topological polar surface area (TPSA) is 68.2 Å². The minimum Gasteiger partial charge on any atom is -0.378 e. The third kappa shape index (κ3) is 4.67. The molecule has 0 spiro atoms. The van der Waals surface area contributed by atoms with Gasteiger partial charge in [-0.2, -0.15) is 5.10 Å². The number of hydrogen-bond acceptors (Lipinski definition) is 4. The molecule has 134 valence electrons. The zero-order valence-corrected chi connectivity index (χ0v) is 14.9. The molecule has 6 heteroatoms. The van der Waals surface area contributed by atoms with Gasteiger partial charge >= 0.3 is 0 Å². The third-order valence-electron chi connectivity index (χ3n) is 4.30. The molecule has 2 heterocycles. The predicted molar refractivity (Wildman–Crippen MR) is 96.7 cm³/mol. The minimum absolute atomic E-state index is 0.0326. The fraction of sp³-hybridized carbons (Fsp3) is 0.474. The minimum atomic E-state index is 0.0326. The van der Waals surface area contributed by atoms with Crippen molar-refractivity contribution >= 4 is 5.91 Å². The molecule has 0 aliphatic carbocycles. The van der Waals surface area contributed by atoms with Gasteiger partial charge in [-0.25, -0.2) is 4.68 Å². The first-order chi connectivity index (χ1) is 12.1. The average molecular weight is 342 g/mol. The Morgan fingerprint density at radius 1 is 1.40 bits per heavy atom. The van der Waals surface area contributed by atoms with E-state index in [1.54, 1.807) is 0 Å². The highest BCUT2D eigenvalue weighted by Crippen LogP contribution is 2.20. The Morgan fingerprint density at radius 3 is 2.88 bits per heavy atom. The van der Waals surface area contributed by atoms with Crippen LogP contribution in [0.4, 0.5) is 0 Å². The summed E-state index contributed by atoms with van der Waals surface area (Å²) < 4.78 is 7.28. The van der Waals surface area contributed by atoms with Crippen molar-refractivity contribution in [1.29, 1.82) is 0 Å². The summed E-state index contributed by atoms with van der Waals surface area (Å²) in [5, 5.41) is 11.0. The Hall–Kier alpha value is -2.18. The molecule has 0 bridgehead atoms. The summed E-state index contributed by atoms with van der Waals surface area (Å²) in [6.45, 7) is 6.84. The van der Waals surface area contributed by atoms with E-state index >= 15 is 0 Å². The molecular formula is C19H26N4O2. The maximum absolute atomic E-state index is 12.2. The number of rotatable bonds is 6. The summed E-state index contributed by atoms with van der Waals surface area (Å²) in [6, 6.07) is 10.1. The lowest BCUT2D eigenvalue weighted by molar-refractivity contribution is -0.122. The highest BCUT2D eigenvalue weighted by atomic mass is 16.5. The molecule has 0 radical (unpaired) electrons. The summed E-state index contributed by atoms with van der Waals surface area (Å²) in [6.07, 6.45) is 2.44. The summed E-state index contributed by atoms with van der Waals surface area (Å²) in [4.78, 5) is 12.2. The van der Waals surface area contributed by atoms with Crippen LogP contribution in [0.1, 0.15) is 37.4 Å². The van der Waals surface area contributed by atoms with E-state index in [-0.39, 0.29) is 11.9 Å². The summed E-state index contributed by atoms with van der Waals surface area (Å²) in [5.74, 6) is 0.329. The number of aromatic nitrogens is 2.